The van der Waals surface area contributed by atoms with Crippen LogP contribution in [0.4, 0.5) is 0 Å². The third-order valence-electron chi connectivity index (χ3n) is 1.67. The predicted molar refractivity (Wildman–Crippen MR) is 90.5 cm³/mol. The van der Waals surface area contributed by atoms with Crippen LogP contribution in [-0.4, -0.2) is 23.9 Å². The third kappa shape index (κ3) is 26.3. The number of hydrogen-bond acceptors (Lipinski definition) is 0. The zero-order valence-electron chi connectivity index (χ0n) is 12.5. The van der Waals surface area contributed by atoms with Crippen molar-refractivity contribution in [2.45, 2.75) is 0 Å². The summed E-state index contributed by atoms with van der Waals surface area (Å²) in [6.07, 6.45) is 15.3. The van der Waals surface area contributed by atoms with Gasteiger partial charge in [-0.1, -0.05) is 0 Å². The summed E-state index contributed by atoms with van der Waals surface area (Å²) in [5.41, 5.74) is 20.8. The smallest absolute Gasteiger partial charge is 4.00 e. The Labute approximate surface area is 183 Å². The van der Waals surface area contributed by atoms with Crippen LogP contribution in [0.1, 0.15) is 0 Å². The first kappa shape index (κ1) is 28.2. The fourth-order valence-corrected chi connectivity index (χ4v) is 0.898. The summed E-state index contributed by atoms with van der Waals surface area (Å²) >= 11 is -0.826. The molecule has 0 aromatic heterocycles. The normalized spacial score (nSPS) is 20.6. The standard InChI is InChI=1S/C5H5.3C3H3N2.2ClH.Sn.Zr/c4*1-2-4-5-3-1;;;;/h1-5H;3*1-3H;2*1H;;/q;;;;;;+4;+2/p-2. The van der Waals surface area contributed by atoms with Gasteiger partial charge in [0, 0.05) is 19.3 Å². The average molecular weight is 547 g/mol. The molecule has 4 rings (SSSR count). The van der Waals surface area contributed by atoms with Crippen molar-refractivity contribution in [1.29, 1.82) is 0 Å². The van der Waals surface area contributed by atoms with E-state index >= 15 is 0 Å². The monoisotopic (exact) mass is 546 g/mol. The van der Waals surface area contributed by atoms with Crippen molar-refractivity contribution in [3.8, 4) is 0 Å². The van der Waals surface area contributed by atoms with E-state index in [4.69, 9.17) is 17.0 Å². The molecule has 3 saturated heterocycles. The molecular formula is C14H14Cl2N6SnZr+4. The second-order valence-electron chi connectivity index (χ2n) is 3.20. The summed E-state index contributed by atoms with van der Waals surface area (Å²) in [5.74, 6) is 0. The SMILES string of the molecule is [CH]1[CH][CH][CH][CH]1.[CH]1[CH][N][N][CH]1.[CH]1[CH][N][N][CH]1.[CH]1[CH][N][N][CH]1.[Cl][Zr][Cl].[Sn+4]. The first-order valence-corrected chi connectivity index (χ1v) is 12.5. The maximum Gasteiger partial charge on any atom is 4.00 e. The van der Waals surface area contributed by atoms with Crippen molar-refractivity contribution in [3.63, 3.8) is 0 Å². The quantitative estimate of drug-likeness (QED) is 0.406. The minimum atomic E-state index is -0.826. The second kappa shape index (κ2) is 27.2. The van der Waals surface area contributed by atoms with Gasteiger partial charge in [0.1, 0.15) is 0 Å². The van der Waals surface area contributed by atoms with Gasteiger partial charge < -0.3 is 0 Å². The molecule has 20 radical (unpaired) electrons. The van der Waals surface area contributed by atoms with Gasteiger partial charge in [0.05, 0.1) is 39.3 Å². The Morgan fingerprint density at radius 1 is 0.417 bits per heavy atom. The summed E-state index contributed by atoms with van der Waals surface area (Å²) in [6, 6.07) is 0. The maximum atomic E-state index is 4.93. The second-order valence-corrected chi connectivity index (χ2v) is 6.93. The van der Waals surface area contributed by atoms with E-state index < -0.39 is 20.8 Å². The molecule has 1 saturated carbocycles. The van der Waals surface area contributed by atoms with Crippen molar-refractivity contribution < 1.29 is 20.8 Å². The zero-order chi connectivity index (χ0) is 16.8. The molecule has 10 heteroatoms. The Bertz CT molecular complexity index is 137. The minimum absolute atomic E-state index is 0. The summed E-state index contributed by atoms with van der Waals surface area (Å²) in [7, 11) is 9.87. The molecule has 0 aromatic rings. The van der Waals surface area contributed by atoms with Crippen LogP contribution in [0.5, 0.6) is 0 Å². The van der Waals surface area contributed by atoms with E-state index in [2.05, 4.69) is 32.6 Å². The molecule has 4 fully saturated rings. The molecule has 4 aliphatic rings. The molecule has 0 aromatic carbocycles. The molecule has 6 nitrogen and oxygen atoms in total. The fourth-order valence-electron chi connectivity index (χ4n) is 0.898. The fraction of sp³-hybridized carbons (Fsp3) is 0. The van der Waals surface area contributed by atoms with Gasteiger partial charge in [-0.25, -0.2) is 0 Å². The number of hydrogen-bond donors (Lipinski definition) is 0. The molecule has 1 aliphatic carbocycles. The van der Waals surface area contributed by atoms with Gasteiger partial charge in [-0.15, -0.1) is 32.6 Å². The van der Waals surface area contributed by atoms with Gasteiger partial charge in [0.2, 0.25) is 0 Å². The molecule has 0 spiro atoms. The minimum Gasteiger partial charge on any atom is 4.00 e. The molecule has 3 heterocycles. The Kier molecular flexibility index (Phi) is 32.0. The Hall–Kier alpha value is 2.02. The summed E-state index contributed by atoms with van der Waals surface area (Å²) in [5, 5.41) is 0. The van der Waals surface area contributed by atoms with Crippen molar-refractivity contribution >= 4 is 40.9 Å². The molecule has 3 aliphatic heterocycles. The van der Waals surface area contributed by atoms with E-state index in [0.29, 0.717) is 0 Å². The largest absolute Gasteiger partial charge is 4.00 e. The van der Waals surface area contributed by atoms with Crippen molar-refractivity contribution in [2.24, 2.45) is 0 Å². The first-order chi connectivity index (χ1) is 11.4. The van der Waals surface area contributed by atoms with Gasteiger partial charge in [0.25, 0.3) is 0 Å². The molecule has 0 unspecified atom stereocenters. The molecular weight excluding hydrogens is 533 g/mol. The van der Waals surface area contributed by atoms with Crippen molar-refractivity contribution in [3.05, 3.63) is 90.6 Å². The van der Waals surface area contributed by atoms with E-state index in [1.807, 2.05) is 32.1 Å². The van der Waals surface area contributed by atoms with Gasteiger partial charge in [-0.3, -0.25) is 0 Å². The predicted octanol–water partition coefficient (Wildman–Crippen LogP) is 0.972. The Morgan fingerprint density at radius 3 is 0.667 bits per heavy atom. The van der Waals surface area contributed by atoms with Crippen LogP contribution in [0, 0.1) is 90.6 Å². The van der Waals surface area contributed by atoms with Crippen molar-refractivity contribution in [2.75, 3.05) is 0 Å². The topological polar surface area (TPSA) is 84.6 Å². The van der Waals surface area contributed by atoms with E-state index in [-0.39, 0.29) is 23.9 Å². The molecule has 24 heavy (non-hydrogen) atoms. The van der Waals surface area contributed by atoms with Crippen LogP contribution >= 0.6 is 17.0 Å². The number of rotatable bonds is 0. The van der Waals surface area contributed by atoms with Gasteiger partial charge >= 0.3 is 61.8 Å². The van der Waals surface area contributed by atoms with Crippen LogP contribution in [0.25, 0.3) is 0 Å². The van der Waals surface area contributed by atoms with E-state index in [1.54, 1.807) is 58.5 Å². The molecule has 0 amide bonds. The maximum absolute atomic E-state index is 4.93. The number of halogens is 2. The molecule has 0 atom stereocenters. The van der Waals surface area contributed by atoms with E-state index in [0.717, 1.165) is 0 Å². The van der Waals surface area contributed by atoms with Crippen LogP contribution in [0.15, 0.2) is 0 Å². The van der Waals surface area contributed by atoms with E-state index in [1.165, 1.54) is 0 Å². The third-order valence-corrected chi connectivity index (χ3v) is 1.67. The van der Waals surface area contributed by atoms with Gasteiger partial charge in [-0.2, -0.15) is 0 Å². The Morgan fingerprint density at radius 2 is 0.583 bits per heavy atom. The van der Waals surface area contributed by atoms with Crippen LogP contribution in [-0.2, 0) is 20.8 Å². The van der Waals surface area contributed by atoms with Crippen LogP contribution < -0.4 is 32.6 Å². The van der Waals surface area contributed by atoms with Crippen LogP contribution in [0.3, 0.4) is 0 Å². The van der Waals surface area contributed by atoms with Crippen LogP contribution in [0.2, 0.25) is 0 Å². The van der Waals surface area contributed by atoms with Gasteiger partial charge in [-0.05, 0) is 32.1 Å². The van der Waals surface area contributed by atoms with E-state index in [9.17, 15) is 0 Å². The molecule has 0 N–H and O–H groups in total. The molecule has 0 bridgehead atoms. The van der Waals surface area contributed by atoms with Gasteiger partial charge in [0.15, 0.2) is 0 Å². The summed E-state index contributed by atoms with van der Waals surface area (Å²) in [4.78, 5) is 0. The zero-order valence-corrected chi connectivity index (χ0v) is 19.3. The first-order valence-electron chi connectivity index (χ1n) is 6.19. The summed E-state index contributed by atoms with van der Waals surface area (Å²) < 4.78 is 0. The summed E-state index contributed by atoms with van der Waals surface area (Å²) in [6.45, 7) is 9.83. The average Bonchev–Trinajstić information content (AvgIpc) is 3.47. The molecule has 118 valence electrons. The number of nitrogens with zero attached hydrogens (tertiary/aromatic N) is 6. The van der Waals surface area contributed by atoms with Crippen molar-refractivity contribution in [1.82, 2.24) is 32.6 Å². The Balaban J connectivity index is 0.